The van der Waals surface area contributed by atoms with Crippen molar-refractivity contribution in [2.45, 2.75) is 51.2 Å². The minimum absolute atomic E-state index is 0.0165. The first kappa shape index (κ1) is 17.5. The molecule has 1 saturated carbocycles. The molecule has 1 aliphatic rings. The van der Waals surface area contributed by atoms with E-state index < -0.39 is 11.7 Å². The minimum atomic E-state index is -4.43. The van der Waals surface area contributed by atoms with Gasteiger partial charge in [0.15, 0.2) is 0 Å². The second-order valence-corrected chi connectivity index (χ2v) is 7.32. The summed E-state index contributed by atoms with van der Waals surface area (Å²) in [4.78, 5) is 8.86. The summed E-state index contributed by atoms with van der Waals surface area (Å²) >= 11 is 0. The van der Waals surface area contributed by atoms with Gasteiger partial charge in [0.25, 0.3) is 0 Å². The molecule has 2 N–H and O–H groups in total. The molecule has 0 saturated heterocycles. The molecular weight excluding hydrogens is 329 g/mol. The van der Waals surface area contributed by atoms with E-state index in [9.17, 15) is 13.2 Å². The lowest BCUT2D eigenvalue weighted by Crippen LogP contribution is -2.27. The summed E-state index contributed by atoms with van der Waals surface area (Å²) in [7, 11) is 0. The van der Waals surface area contributed by atoms with Crippen LogP contribution in [0.25, 0.3) is 0 Å². The summed E-state index contributed by atoms with van der Waals surface area (Å²) in [5.41, 5.74) is -0.124. The molecule has 134 valence electrons. The summed E-state index contributed by atoms with van der Waals surface area (Å²) in [6.45, 7) is 5.94. The van der Waals surface area contributed by atoms with E-state index in [4.69, 9.17) is 0 Å². The molecule has 0 amide bonds. The summed E-state index contributed by atoms with van der Waals surface area (Å²) in [6, 6.07) is 7.13. The summed E-state index contributed by atoms with van der Waals surface area (Å²) in [6.07, 6.45) is -2.34. The van der Waals surface area contributed by atoms with Crippen molar-refractivity contribution in [3.05, 3.63) is 41.6 Å². The third-order valence-electron chi connectivity index (χ3n) is 3.72. The van der Waals surface area contributed by atoms with E-state index in [-0.39, 0.29) is 11.2 Å². The Morgan fingerprint density at radius 3 is 2.32 bits per heavy atom. The number of hydrogen-bond acceptors (Lipinski definition) is 4. The molecule has 25 heavy (non-hydrogen) atoms. The van der Waals surface area contributed by atoms with Gasteiger partial charge < -0.3 is 10.6 Å². The van der Waals surface area contributed by atoms with E-state index >= 15 is 0 Å². The van der Waals surface area contributed by atoms with Crippen LogP contribution in [0.2, 0.25) is 0 Å². The number of benzene rings is 1. The number of alkyl halides is 3. The molecule has 1 fully saturated rings. The van der Waals surface area contributed by atoms with Crippen LogP contribution in [0.4, 0.5) is 30.6 Å². The molecule has 0 radical (unpaired) electrons. The molecule has 1 aromatic carbocycles. The number of hydrogen-bond donors (Lipinski definition) is 2. The van der Waals surface area contributed by atoms with Gasteiger partial charge in [0.1, 0.15) is 5.82 Å². The van der Waals surface area contributed by atoms with Crippen LogP contribution >= 0.6 is 0 Å². The standard InChI is InChI=1S/C18H21F3N4/c1-17(2,3)25-16-23-14(11-8-9-11)10-15(24-16)22-13-7-5-4-6-12(13)18(19,20)21/h4-7,10-11H,8-9H2,1-3H3,(H2,22,23,24,25). The second-order valence-electron chi connectivity index (χ2n) is 7.32. The topological polar surface area (TPSA) is 49.8 Å². The zero-order chi connectivity index (χ0) is 18.2. The van der Waals surface area contributed by atoms with Gasteiger partial charge in [-0.05, 0) is 45.7 Å². The van der Waals surface area contributed by atoms with E-state index in [1.165, 1.54) is 12.1 Å². The smallest absolute Gasteiger partial charge is 0.350 e. The monoisotopic (exact) mass is 350 g/mol. The number of halogens is 3. The van der Waals surface area contributed by atoms with Crippen molar-refractivity contribution in [2.75, 3.05) is 10.6 Å². The van der Waals surface area contributed by atoms with Gasteiger partial charge in [0.2, 0.25) is 5.95 Å². The van der Waals surface area contributed by atoms with Gasteiger partial charge in [-0.2, -0.15) is 18.2 Å². The van der Waals surface area contributed by atoms with E-state index in [0.29, 0.717) is 17.7 Å². The summed E-state index contributed by atoms with van der Waals surface area (Å²) in [5.74, 6) is 1.14. The first-order valence-corrected chi connectivity index (χ1v) is 8.22. The largest absolute Gasteiger partial charge is 0.418 e. The molecule has 3 rings (SSSR count). The van der Waals surface area contributed by atoms with Crippen LogP contribution in [0, 0.1) is 0 Å². The van der Waals surface area contributed by atoms with Crippen LogP contribution in [-0.4, -0.2) is 15.5 Å². The molecule has 1 heterocycles. The quantitative estimate of drug-likeness (QED) is 0.783. The lowest BCUT2D eigenvalue weighted by atomic mass is 10.1. The second kappa shape index (κ2) is 6.20. The Labute approximate surface area is 144 Å². The maximum Gasteiger partial charge on any atom is 0.418 e. The molecule has 7 heteroatoms. The Morgan fingerprint density at radius 2 is 1.72 bits per heavy atom. The van der Waals surface area contributed by atoms with Crippen molar-refractivity contribution in [2.24, 2.45) is 0 Å². The predicted molar refractivity (Wildman–Crippen MR) is 92.1 cm³/mol. The Morgan fingerprint density at radius 1 is 1.04 bits per heavy atom. The average molecular weight is 350 g/mol. The summed E-state index contributed by atoms with van der Waals surface area (Å²) < 4.78 is 39.6. The molecule has 0 aliphatic heterocycles. The molecule has 1 aromatic heterocycles. The molecule has 2 aromatic rings. The molecule has 0 atom stereocenters. The van der Waals surface area contributed by atoms with Crippen LogP contribution in [0.3, 0.4) is 0 Å². The lowest BCUT2D eigenvalue weighted by Gasteiger charge is -2.21. The molecule has 1 aliphatic carbocycles. The highest BCUT2D eigenvalue weighted by Crippen LogP contribution is 2.41. The van der Waals surface area contributed by atoms with Crippen LogP contribution in [0.5, 0.6) is 0 Å². The van der Waals surface area contributed by atoms with Crippen molar-refractivity contribution in [3.63, 3.8) is 0 Å². The van der Waals surface area contributed by atoms with Crippen molar-refractivity contribution in [1.29, 1.82) is 0 Å². The van der Waals surface area contributed by atoms with E-state index in [1.54, 1.807) is 12.1 Å². The molecule has 0 spiro atoms. The first-order valence-electron chi connectivity index (χ1n) is 8.22. The molecule has 0 bridgehead atoms. The third-order valence-corrected chi connectivity index (χ3v) is 3.72. The van der Waals surface area contributed by atoms with Crippen molar-refractivity contribution in [1.82, 2.24) is 9.97 Å². The lowest BCUT2D eigenvalue weighted by molar-refractivity contribution is -0.136. The highest BCUT2D eigenvalue weighted by atomic mass is 19.4. The Balaban J connectivity index is 1.95. The Hall–Kier alpha value is -2.31. The van der Waals surface area contributed by atoms with Crippen molar-refractivity contribution >= 4 is 17.5 Å². The van der Waals surface area contributed by atoms with Gasteiger partial charge >= 0.3 is 6.18 Å². The zero-order valence-electron chi connectivity index (χ0n) is 14.4. The third kappa shape index (κ3) is 4.61. The molecule has 4 nitrogen and oxygen atoms in total. The first-order chi connectivity index (χ1) is 11.6. The summed E-state index contributed by atoms with van der Waals surface area (Å²) in [5, 5.41) is 6.01. The fourth-order valence-electron chi connectivity index (χ4n) is 2.49. The number of nitrogens with one attached hydrogen (secondary N) is 2. The highest BCUT2D eigenvalue weighted by Gasteiger charge is 2.33. The van der Waals surface area contributed by atoms with Gasteiger partial charge in [-0.3, -0.25) is 0 Å². The maximum absolute atomic E-state index is 13.2. The van der Waals surface area contributed by atoms with Crippen LogP contribution in [0.1, 0.15) is 50.8 Å². The normalized spacial score (nSPS) is 15.1. The highest BCUT2D eigenvalue weighted by molar-refractivity contribution is 5.62. The number of aromatic nitrogens is 2. The number of para-hydroxylation sites is 1. The van der Waals surface area contributed by atoms with E-state index in [2.05, 4.69) is 20.6 Å². The van der Waals surface area contributed by atoms with Crippen molar-refractivity contribution in [3.8, 4) is 0 Å². The number of nitrogens with zero attached hydrogens (tertiary/aromatic N) is 2. The fourth-order valence-corrected chi connectivity index (χ4v) is 2.49. The Bertz CT molecular complexity index is 762. The number of rotatable bonds is 4. The van der Waals surface area contributed by atoms with Crippen LogP contribution < -0.4 is 10.6 Å². The zero-order valence-corrected chi connectivity index (χ0v) is 14.4. The van der Waals surface area contributed by atoms with Gasteiger partial charge in [-0.1, -0.05) is 12.1 Å². The van der Waals surface area contributed by atoms with Crippen LogP contribution in [-0.2, 0) is 6.18 Å². The minimum Gasteiger partial charge on any atom is -0.350 e. The van der Waals surface area contributed by atoms with Gasteiger partial charge in [0, 0.05) is 17.5 Å². The Kier molecular flexibility index (Phi) is 4.34. The van der Waals surface area contributed by atoms with Crippen molar-refractivity contribution < 1.29 is 13.2 Å². The van der Waals surface area contributed by atoms with E-state index in [0.717, 1.165) is 24.6 Å². The van der Waals surface area contributed by atoms with Gasteiger partial charge in [-0.15, -0.1) is 0 Å². The fraction of sp³-hybridized carbons (Fsp3) is 0.444. The maximum atomic E-state index is 13.2. The van der Waals surface area contributed by atoms with Gasteiger partial charge in [-0.25, -0.2) is 4.98 Å². The average Bonchev–Trinajstić information content (AvgIpc) is 3.29. The van der Waals surface area contributed by atoms with E-state index in [1.807, 2.05) is 20.8 Å². The molecule has 0 unspecified atom stereocenters. The SMILES string of the molecule is CC(C)(C)Nc1nc(Nc2ccccc2C(F)(F)F)cc(C2CC2)n1. The number of anilines is 3. The predicted octanol–water partition coefficient (Wildman–Crippen LogP) is 5.33. The van der Waals surface area contributed by atoms with Crippen LogP contribution in [0.15, 0.2) is 30.3 Å². The van der Waals surface area contributed by atoms with Gasteiger partial charge in [0.05, 0.1) is 16.9 Å². The molecular formula is C18H21F3N4.